The Labute approximate surface area is 116 Å². The third-order valence-corrected chi connectivity index (χ3v) is 4.49. The molecule has 1 aromatic carbocycles. The van der Waals surface area contributed by atoms with E-state index in [9.17, 15) is 0 Å². The summed E-state index contributed by atoms with van der Waals surface area (Å²) in [5.41, 5.74) is 0. The maximum atomic E-state index is 4.04. The van der Waals surface area contributed by atoms with Gasteiger partial charge in [0.05, 0.1) is 6.04 Å². The summed E-state index contributed by atoms with van der Waals surface area (Å²) < 4.78 is 1.86. The summed E-state index contributed by atoms with van der Waals surface area (Å²) in [6, 6.07) is 10.7. The van der Waals surface area contributed by atoms with Crippen molar-refractivity contribution in [2.24, 2.45) is 0 Å². The summed E-state index contributed by atoms with van der Waals surface area (Å²) >= 11 is 3.57. The molecule has 0 aliphatic heterocycles. The van der Waals surface area contributed by atoms with Crippen molar-refractivity contribution >= 4 is 23.5 Å². The van der Waals surface area contributed by atoms with Crippen molar-refractivity contribution in [3.05, 3.63) is 30.3 Å². The van der Waals surface area contributed by atoms with Crippen molar-refractivity contribution in [3.8, 4) is 0 Å². The van der Waals surface area contributed by atoms with Gasteiger partial charge in [-0.1, -0.05) is 30.0 Å². The van der Waals surface area contributed by atoms with E-state index in [1.165, 1.54) is 4.90 Å². The smallest absolute Gasteiger partial charge is 0.209 e. The van der Waals surface area contributed by atoms with Crippen molar-refractivity contribution in [2.75, 3.05) is 11.5 Å². The lowest BCUT2D eigenvalue weighted by molar-refractivity contribution is 0.477. The van der Waals surface area contributed by atoms with Gasteiger partial charge in [0.2, 0.25) is 5.16 Å². The van der Waals surface area contributed by atoms with Gasteiger partial charge in [0.25, 0.3) is 0 Å². The van der Waals surface area contributed by atoms with E-state index in [1.54, 1.807) is 11.8 Å². The first kappa shape index (κ1) is 13.4. The number of benzene rings is 1. The van der Waals surface area contributed by atoms with Crippen LogP contribution in [0.4, 0.5) is 0 Å². The molecule has 0 aliphatic rings. The van der Waals surface area contributed by atoms with E-state index in [-0.39, 0.29) is 0 Å². The molecule has 0 radical (unpaired) electrons. The molecule has 0 atom stereocenters. The Hall–Kier alpha value is -1.01. The molecule has 0 saturated heterocycles. The highest BCUT2D eigenvalue weighted by Crippen LogP contribution is 2.22. The highest BCUT2D eigenvalue weighted by molar-refractivity contribution is 8.02. The molecule has 4 nitrogen and oxygen atoms in total. The standard InChI is InChI=1S/C12H16N4S2/c1-10(2)16-12(13-14-15-16)18-9-8-17-11-6-4-3-5-7-11/h3-7,10H,8-9H2,1-2H3. The summed E-state index contributed by atoms with van der Waals surface area (Å²) in [4.78, 5) is 1.31. The molecule has 0 saturated carbocycles. The molecule has 18 heavy (non-hydrogen) atoms. The Morgan fingerprint density at radius 3 is 2.56 bits per heavy atom. The first-order valence-corrected chi connectivity index (χ1v) is 7.83. The first-order valence-electron chi connectivity index (χ1n) is 5.86. The molecular weight excluding hydrogens is 264 g/mol. The fourth-order valence-corrected chi connectivity index (χ4v) is 3.32. The maximum absolute atomic E-state index is 4.04. The maximum Gasteiger partial charge on any atom is 0.209 e. The second kappa shape index (κ2) is 6.80. The van der Waals surface area contributed by atoms with Crippen LogP contribution in [0.15, 0.2) is 40.4 Å². The SMILES string of the molecule is CC(C)n1nnnc1SCCSc1ccccc1. The van der Waals surface area contributed by atoms with E-state index >= 15 is 0 Å². The lowest BCUT2D eigenvalue weighted by atomic mass is 10.4. The van der Waals surface area contributed by atoms with Crippen molar-refractivity contribution in [1.29, 1.82) is 0 Å². The first-order chi connectivity index (χ1) is 8.77. The van der Waals surface area contributed by atoms with Crippen LogP contribution in [0.5, 0.6) is 0 Å². The Morgan fingerprint density at radius 2 is 1.83 bits per heavy atom. The Morgan fingerprint density at radius 1 is 1.11 bits per heavy atom. The topological polar surface area (TPSA) is 43.6 Å². The van der Waals surface area contributed by atoms with Gasteiger partial charge < -0.3 is 0 Å². The third kappa shape index (κ3) is 3.74. The minimum atomic E-state index is 0.310. The van der Waals surface area contributed by atoms with E-state index in [2.05, 4.69) is 53.6 Å². The molecule has 0 spiro atoms. The lowest BCUT2D eigenvalue weighted by Gasteiger charge is -2.06. The molecule has 6 heteroatoms. The van der Waals surface area contributed by atoms with Crippen molar-refractivity contribution < 1.29 is 0 Å². The van der Waals surface area contributed by atoms with Crippen LogP contribution in [-0.2, 0) is 0 Å². The van der Waals surface area contributed by atoms with Crippen LogP contribution >= 0.6 is 23.5 Å². The second-order valence-corrected chi connectivity index (χ2v) is 6.24. The molecular formula is C12H16N4S2. The highest BCUT2D eigenvalue weighted by Gasteiger charge is 2.08. The van der Waals surface area contributed by atoms with E-state index in [0.717, 1.165) is 16.7 Å². The minimum absolute atomic E-state index is 0.310. The van der Waals surface area contributed by atoms with E-state index in [1.807, 2.05) is 22.5 Å². The zero-order valence-corrected chi connectivity index (χ0v) is 12.1. The molecule has 0 amide bonds. The molecule has 0 bridgehead atoms. The lowest BCUT2D eigenvalue weighted by Crippen LogP contribution is -2.05. The van der Waals surface area contributed by atoms with Crippen molar-refractivity contribution in [3.63, 3.8) is 0 Å². The number of hydrogen-bond donors (Lipinski definition) is 0. The zero-order chi connectivity index (χ0) is 12.8. The Kier molecular flexibility index (Phi) is 5.07. The van der Waals surface area contributed by atoms with Gasteiger partial charge in [0.15, 0.2) is 0 Å². The van der Waals surface area contributed by atoms with Gasteiger partial charge >= 0.3 is 0 Å². The fraction of sp³-hybridized carbons (Fsp3) is 0.417. The normalized spacial score (nSPS) is 11.1. The average Bonchev–Trinajstić information content (AvgIpc) is 2.84. The van der Waals surface area contributed by atoms with Crippen LogP contribution < -0.4 is 0 Å². The molecule has 0 aliphatic carbocycles. The summed E-state index contributed by atoms with van der Waals surface area (Å²) in [6.45, 7) is 4.16. The number of aromatic nitrogens is 4. The van der Waals surface area contributed by atoms with Gasteiger partial charge in [-0.3, -0.25) is 0 Å². The van der Waals surface area contributed by atoms with E-state index in [0.29, 0.717) is 6.04 Å². The van der Waals surface area contributed by atoms with Gasteiger partial charge in [0.1, 0.15) is 0 Å². The van der Waals surface area contributed by atoms with Crippen LogP contribution in [0.25, 0.3) is 0 Å². The third-order valence-electron chi connectivity index (χ3n) is 2.28. The van der Waals surface area contributed by atoms with Crippen LogP contribution in [0.3, 0.4) is 0 Å². The van der Waals surface area contributed by atoms with Gasteiger partial charge in [0, 0.05) is 16.4 Å². The van der Waals surface area contributed by atoms with E-state index in [4.69, 9.17) is 0 Å². The second-order valence-electron chi connectivity index (χ2n) is 4.01. The zero-order valence-electron chi connectivity index (χ0n) is 10.5. The predicted octanol–water partition coefficient (Wildman–Crippen LogP) is 3.14. The summed E-state index contributed by atoms with van der Waals surface area (Å²) in [5, 5.41) is 12.6. The highest BCUT2D eigenvalue weighted by atomic mass is 32.2. The van der Waals surface area contributed by atoms with Gasteiger partial charge in [-0.15, -0.1) is 16.9 Å². The van der Waals surface area contributed by atoms with Gasteiger partial charge in [-0.25, -0.2) is 4.68 Å². The van der Waals surface area contributed by atoms with Crippen molar-refractivity contribution in [2.45, 2.75) is 29.9 Å². The predicted molar refractivity (Wildman–Crippen MR) is 76.1 cm³/mol. The molecule has 0 unspecified atom stereocenters. The summed E-state index contributed by atoms with van der Waals surface area (Å²) in [5.74, 6) is 2.06. The molecule has 1 aromatic heterocycles. The fourth-order valence-electron chi connectivity index (χ4n) is 1.41. The van der Waals surface area contributed by atoms with Gasteiger partial charge in [-0.05, 0) is 36.4 Å². The largest absolute Gasteiger partial charge is 0.218 e. The average molecular weight is 280 g/mol. The number of rotatable bonds is 6. The summed E-state index contributed by atoms with van der Waals surface area (Å²) in [7, 11) is 0. The Bertz CT molecular complexity index is 470. The van der Waals surface area contributed by atoms with Gasteiger partial charge in [-0.2, -0.15) is 0 Å². The monoisotopic (exact) mass is 280 g/mol. The molecule has 2 rings (SSSR count). The summed E-state index contributed by atoms with van der Waals surface area (Å²) in [6.07, 6.45) is 0. The van der Waals surface area contributed by atoms with Crippen LogP contribution in [0, 0.1) is 0 Å². The molecule has 1 heterocycles. The molecule has 0 fully saturated rings. The van der Waals surface area contributed by atoms with Crippen molar-refractivity contribution in [1.82, 2.24) is 20.2 Å². The minimum Gasteiger partial charge on any atom is -0.218 e. The molecule has 96 valence electrons. The number of tetrazole rings is 1. The van der Waals surface area contributed by atoms with Crippen LogP contribution in [-0.4, -0.2) is 31.7 Å². The Balaban J connectivity index is 1.77. The quantitative estimate of drug-likeness (QED) is 0.601. The molecule has 2 aromatic rings. The molecule has 0 N–H and O–H groups in total. The number of hydrogen-bond acceptors (Lipinski definition) is 5. The number of nitrogens with zero attached hydrogens (tertiary/aromatic N) is 4. The van der Waals surface area contributed by atoms with Crippen LogP contribution in [0.2, 0.25) is 0 Å². The van der Waals surface area contributed by atoms with E-state index < -0.39 is 0 Å². The van der Waals surface area contributed by atoms with Crippen LogP contribution in [0.1, 0.15) is 19.9 Å². The number of thioether (sulfide) groups is 2.